The van der Waals surface area contributed by atoms with Gasteiger partial charge in [-0.2, -0.15) is 0 Å². The Morgan fingerprint density at radius 2 is 2.13 bits per heavy atom. The van der Waals surface area contributed by atoms with Crippen molar-refractivity contribution in [2.75, 3.05) is 26.2 Å². The molecule has 23 heavy (non-hydrogen) atoms. The SMILES string of the molecule is C#CCN1CCCCC1C(=O)NCCOc1c(C)cccc1C. The fraction of sp³-hybridized carbons (Fsp3) is 0.526. The normalized spacial score (nSPS) is 18.2. The first kappa shape index (κ1) is 17.4. The van der Waals surface area contributed by atoms with Crippen molar-refractivity contribution < 1.29 is 9.53 Å². The van der Waals surface area contributed by atoms with Gasteiger partial charge in [-0.25, -0.2) is 0 Å². The maximum Gasteiger partial charge on any atom is 0.237 e. The fourth-order valence-corrected chi connectivity index (χ4v) is 3.07. The van der Waals surface area contributed by atoms with Gasteiger partial charge in [0, 0.05) is 0 Å². The average Bonchev–Trinajstić information content (AvgIpc) is 2.54. The van der Waals surface area contributed by atoms with E-state index in [2.05, 4.69) is 16.1 Å². The Bertz CT molecular complexity index is 557. The number of amides is 1. The lowest BCUT2D eigenvalue weighted by molar-refractivity contribution is -0.127. The summed E-state index contributed by atoms with van der Waals surface area (Å²) in [5.41, 5.74) is 2.23. The lowest BCUT2D eigenvalue weighted by Crippen LogP contribution is -2.50. The summed E-state index contributed by atoms with van der Waals surface area (Å²) in [5.74, 6) is 3.62. The van der Waals surface area contributed by atoms with E-state index >= 15 is 0 Å². The van der Waals surface area contributed by atoms with Gasteiger partial charge < -0.3 is 10.1 Å². The maximum absolute atomic E-state index is 12.4. The van der Waals surface area contributed by atoms with Crippen molar-refractivity contribution >= 4 is 5.91 Å². The van der Waals surface area contributed by atoms with Crippen molar-refractivity contribution in [2.24, 2.45) is 0 Å². The van der Waals surface area contributed by atoms with Gasteiger partial charge in [-0.15, -0.1) is 6.42 Å². The Morgan fingerprint density at radius 3 is 2.83 bits per heavy atom. The van der Waals surface area contributed by atoms with Crippen LogP contribution >= 0.6 is 0 Å². The average molecular weight is 314 g/mol. The van der Waals surface area contributed by atoms with Crippen LogP contribution < -0.4 is 10.1 Å². The van der Waals surface area contributed by atoms with E-state index in [0.29, 0.717) is 19.7 Å². The molecule has 0 bridgehead atoms. The Labute approximate surface area is 139 Å². The third-order valence-corrected chi connectivity index (χ3v) is 4.27. The van der Waals surface area contributed by atoms with Crippen LogP contribution in [0.1, 0.15) is 30.4 Å². The molecule has 1 aromatic carbocycles. The quantitative estimate of drug-likeness (QED) is 0.647. The number of nitrogens with one attached hydrogen (secondary N) is 1. The minimum absolute atomic E-state index is 0.0602. The van der Waals surface area contributed by atoms with Gasteiger partial charge >= 0.3 is 0 Å². The summed E-state index contributed by atoms with van der Waals surface area (Å²) >= 11 is 0. The van der Waals surface area contributed by atoms with E-state index in [0.717, 1.165) is 42.7 Å². The van der Waals surface area contributed by atoms with Gasteiger partial charge in [-0.1, -0.05) is 30.5 Å². The van der Waals surface area contributed by atoms with Crippen LogP contribution in [-0.2, 0) is 4.79 Å². The van der Waals surface area contributed by atoms with E-state index < -0.39 is 0 Å². The topological polar surface area (TPSA) is 41.6 Å². The number of likely N-dealkylation sites (tertiary alicyclic amines) is 1. The first-order valence-electron chi connectivity index (χ1n) is 8.27. The second kappa shape index (κ2) is 8.59. The molecule has 0 aromatic heterocycles. The molecular weight excluding hydrogens is 288 g/mol. The van der Waals surface area contributed by atoms with Crippen LogP contribution in [0.5, 0.6) is 5.75 Å². The Hall–Kier alpha value is -1.99. The van der Waals surface area contributed by atoms with Gasteiger partial charge in [0.2, 0.25) is 5.91 Å². The lowest BCUT2D eigenvalue weighted by atomic mass is 10.0. The Morgan fingerprint density at radius 1 is 1.39 bits per heavy atom. The number of piperidine rings is 1. The van der Waals surface area contributed by atoms with E-state index in [1.54, 1.807) is 0 Å². The van der Waals surface area contributed by atoms with Crippen molar-refractivity contribution in [2.45, 2.75) is 39.2 Å². The second-order valence-corrected chi connectivity index (χ2v) is 6.05. The van der Waals surface area contributed by atoms with E-state index in [9.17, 15) is 4.79 Å². The Kier molecular flexibility index (Phi) is 6.49. The van der Waals surface area contributed by atoms with Gasteiger partial charge in [0.15, 0.2) is 0 Å². The third-order valence-electron chi connectivity index (χ3n) is 4.27. The molecule has 0 radical (unpaired) electrons. The molecule has 1 amide bonds. The number of ether oxygens (including phenoxy) is 1. The molecule has 1 aliphatic heterocycles. The first-order valence-corrected chi connectivity index (χ1v) is 8.27. The molecule has 1 aliphatic rings. The summed E-state index contributed by atoms with van der Waals surface area (Å²) in [6.07, 6.45) is 8.47. The molecule has 1 heterocycles. The summed E-state index contributed by atoms with van der Waals surface area (Å²) in [5, 5.41) is 2.98. The largest absolute Gasteiger partial charge is 0.491 e. The van der Waals surface area contributed by atoms with Crippen molar-refractivity contribution in [3.8, 4) is 18.1 Å². The maximum atomic E-state index is 12.4. The second-order valence-electron chi connectivity index (χ2n) is 6.05. The molecule has 0 saturated carbocycles. The van der Waals surface area contributed by atoms with Crippen LogP contribution in [-0.4, -0.2) is 43.1 Å². The van der Waals surface area contributed by atoms with Crippen molar-refractivity contribution in [1.82, 2.24) is 10.2 Å². The number of terminal acetylenes is 1. The molecule has 2 rings (SSSR count). The molecule has 1 aromatic rings. The summed E-state index contributed by atoms with van der Waals surface area (Å²) < 4.78 is 5.82. The molecule has 1 unspecified atom stereocenters. The first-order chi connectivity index (χ1) is 11.1. The third kappa shape index (κ3) is 4.74. The number of benzene rings is 1. The minimum Gasteiger partial charge on any atom is -0.491 e. The highest BCUT2D eigenvalue weighted by molar-refractivity contribution is 5.81. The number of nitrogens with zero attached hydrogens (tertiary/aromatic N) is 1. The minimum atomic E-state index is -0.0972. The predicted molar refractivity (Wildman–Crippen MR) is 92.5 cm³/mol. The standard InChI is InChI=1S/C19H26N2O2/c1-4-12-21-13-6-5-10-17(21)19(22)20-11-14-23-18-15(2)8-7-9-16(18)3/h1,7-9,17H,5-6,10-14H2,2-3H3,(H,20,22). The number of aryl methyl sites for hydroxylation is 2. The molecule has 124 valence electrons. The summed E-state index contributed by atoms with van der Waals surface area (Å²) in [6.45, 7) is 6.48. The smallest absolute Gasteiger partial charge is 0.237 e. The highest BCUT2D eigenvalue weighted by Crippen LogP contribution is 2.22. The van der Waals surface area contributed by atoms with E-state index in [4.69, 9.17) is 11.2 Å². The van der Waals surface area contributed by atoms with E-state index in [-0.39, 0.29) is 11.9 Å². The lowest BCUT2D eigenvalue weighted by Gasteiger charge is -2.33. The molecule has 0 aliphatic carbocycles. The summed E-state index contributed by atoms with van der Waals surface area (Å²) in [7, 11) is 0. The van der Waals surface area contributed by atoms with E-state index in [1.807, 2.05) is 32.0 Å². The monoisotopic (exact) mass is 314 g/mol. The van der Waals surface area contributed by atoms with Crippen LogP contribution in [0, 0.1) is 26.2 Å². The number of carbonyl (C=O) groups excluding carboxylic acids is 1. The molecule has 4 heteroatoms. The predicted octanol–water partition coefficient (Wildman–Crippen LogP) is 2.29. The zero-order valence-electron chi connectivity index (χ0n) is 14.1. The van der Waals surface area contributed by atoms with Crippen LogP contribution in [0.15, 0.2) is 18.2 Å². The van der Waals surface area contributed by atoms with Crippen LogP contribution in [0.2, 0.25) is 0 Å². The summed E-state index contributed by atoms with van der Waals surface area (Å²) in [6, 6.07) is 5.98. The van der Waals surface area contributed by atoms with Crippen LogP contribution in [0.3, 0.4) is 0 Å². The highest BCUT2D eigenvalue weighted by atomic mass is 16.5. The van der Waals surface area contributed by atoms with Gasteiger partial charge in [-0.3, -0.25) is 9.69 Å². The van der Waals surface area contributed by atoms with Gasteiger partial charge in [0.05, 0.1) is 19.1 Å². The van der Waals surface area contributed by atoms with Crippen LogP contribution in [0.4, 0.5) is 0 Å². The summed E-state index contributed by atoms with van der Waals surface area (Å²) in [4.78, 5) is 14.4. The van der Waals surface area contributed by atoms with Crippen LogP contribution in [0.25, 0.3) is 0 Å². The number of para-hydroxylation sites is 1. The molecular formula is C19H26N2O2. The van der Waals surface area contributed by atoms with Crippen molar-refractivity contribution in [3.63, 3.8) is 0 Å². The molecule has 0 spiro atoms. The molecule has 1 fully saturated rings. The molecule has 4 nitrogen and oxygen atoms in total. The zero-order chi connectivity index (χ0) is 16.7. The number of carbonyl (C=O) groups is 1. The van der Waals surface area contributed by atoms with Crippen molar-refractivity contribution in [3.05, 3.63) is 29.3 Å². The molecule has 1 N–H and O–H groups in total. The Balaban J connectivity index is 1.79. The molecule has 1 saturated heterocycles. The van der Waals surface area contributed by atoms with Crippen molar-refractivity contribution in [1.29, 1.82) is 0 Å². The number of hydrogen-bond acceptors (Lipinski definition) is 3. The molecule has 1 atom stereocenters. The highest BCUT2D eigenvalue weighted by Gasteiger charge is 2.27. The number of rotatable bonds is 6. The zero-order valence-corrected chi connectivity index (χ0v) is 14.1. The number of hydrogen-bond donors (Lipinski definition) is 1. The fourth-order valence-electron chi connectivity index (χ4n) is 3.07. The van der Waals surface area contributed by atoms with Gasteiger partial charge in [-0.05, 0) is 44.4 Å². The van der Waals surface area contributed by atoms with Gasteiger partial charge in [0.1, 0.15) is 12.4 Å². The van der Waals surface area contributed by atoms with Gasteiger partial charge in [0.25, 0.3) is 0 Å². The van der Waals surface area contributed by atoms with E-state index in [1.165, 1.54) is 0 Å².